The third kappa shape index (κ3) is 2.55. The van der Waals surface area contributed by atoms with E-state index in [9.17, 15) is 10.2 Å². The van der Waals surface area contributed by atoms with Gasteiger partial charge in [0.1, 0.15) is 12.1 Å². The van der Waals surface area contributed by atoms with Crippen LogP contribution in [0.3, 0.4) is 0 Å². The monoisotopic (exact) mass is 305 g/mol. The van der Waals surface area contributed by atoms with Crippen molar-refractivity contribution in [2.24, 2.45) is 5.92 Å². The van der Waals surface area contributed by atoms with E-state index in [0.29, 0.717) is 6.54 Å². The van der Waals surface area contributed by atoms with Crippen LogP contribution < -0.4 is 4.90 Å². The summed E-state index contributed by atoms with van der Waals surface area (Å²) in [5.41, 5.74) is 0.646. The molecule has 0 spiro atoms. The van der Waals surface area contributed by atoms with Gasteiger partial charge in [-0.25, -0.2) is 14.6 Å². The normalized spacial score (nSPS) is 23.2. The van der Waals surface area contributed by atoms with Crippen molar-refractivity contribution in [1.82, 2.24) is 19.7 Å². The zero-order valence-corrected chi connectivity index (χ0v) is 13.3. The Morgan fingerprint density at radius 1 is 1.32 bits per heavy atom. The van der Waals surface area contributed by atoms with Crippen LogP contribution in [0.5, 0.6) is 0 Å². The van der Waals surface area contributed by atoms with Crippen molar-refractivity contribution in [2.75, 3.05) is 24.6 Å². The molecule has 2 unspecified atom stereocenters. The summed E-state index contributed by atoms with van der Waals surface area (Å²) < 4.78 is 1.89. The van der Waals surface area contributed by atoms with Crippen LogP contribution in [0.4, 0.5) is 5.82 Å². The molecule has 7 nitrogen and oxygen atoms in total. The van der Waals surface area contributed by atoms with Gasteiger partial charge in [-0.05, 0) is 27.2 Å². The van der Waals surface area contributed by atoms with Crippen molar-refractivity contribution >= 4 is 16.9 Å². The van der Waals surface area contributed by atoms with Crippen LogP contribution in [0.2, 0.25) is 0 Å². The molecule has 0 amide bonds. The quantitative estimate of drug-likeness (QED) is 0.852. The molecule has 0 aliphatic carbocycles. The van der Waals surface area contributed by atoms with Crippen LogP contribution in [0, 0.1) is 5.92 Å². The van der Waals surface area contributed by atoms with Gasteiger partial charge in [0.2, 0.25) is 0 Å². The summed E-state index contributed by atoms with van der Waals surface area (Å²) in [4.78, 5) is 10.8. The van der Waals surface area contributed by atoms with Crippen molar-refractivity contribution in [1.29, 1.82) is 0 Å². The lowest BCUT2D eigenvalue weighted by Crippen LogP contribution is -2.45. The van der Waals surface area contributed by atoms with Crippen LogP contribution in [-0.4, -0.2) is 55.8 Å². The number of nitrogens with zero attached hydrogens (tertiary/aromatic N) is 5. The Morgan fingerprint density at radius 3 is 2.73 bits per heavy atom. The molecule has 1 saturated heterocycles. The van der Waals surface area contributed by atoms with E-state index < -0.39 is 6.10 Å². The molecule has 2 aromatic heterocycles. The van der Waals surface area contributed by atoms with Gasteiger partial charge in [0.15, 0.2) is 5.65 Å². The van der Waals surface area contributed by atoms with Crippen molar-refractivity contribution in [3.8, 4) is 0 Å². The molecule has 0 radical (unpaired) electrons. The summed E-state index contributed by atoms with van der Waals surface area (Å²) in [5, 5.41) is 24.8. The van der Waals surface area contributed by atoms with Crippen LogP contribution >= 0.6 is 0 Å². The average molecular weight is 305 g/mol. The number of β-amino-alcohol motifs (C(OH)–C–C–N with tert-alkyl or cyclic N) is 1. The number of aliphatic hydroxyl groups is 2. The van der Waals surface area contributed by atoms with Crippen molar-refractivity contribution < 1.29 is 10.2 Å². The second kappa shape index (κ2) is 5.48. The average Bonchev–Trinajstić information content (AvgIpc) is 2.91. The molecule has 0 aromatic carbocycles. The molecule has 0 bridgehead atoms. The van der Waals surface area contributed by atoms with Gasteiger partial charge in [-0.2, -0.15) is 5.10 Å². The van der Waals surface area contributed by atoms with E-state index in [1.807, 2.05) is 4.68 Å². The molecular weight excluding hydrogens is 282 g/mol. The van der Waals surface area contributed by atoms with Gasteiger partial charge in [-0.1, -0.05) is 0 Å². The molecule has 1 aliphatic rings. The minimum atomic E-state index is -0.540. The molecule has 120 valence electrons. The Morgan fingerprint density at radius 2 is 2.09 bits per heavy atom. The molecule has 3 heterocycles. The van der Waals surface area contributed by atoms with E-state index in [0.717, 1.165) is 29.8 Å². The summed E-state index contributed by atoms with van der Waals surface area (Å²) >= 11 is 0. The lowest BCUT2D eigenvalue weighted by Gasteiger charge is -2.35. The Labute approximate surface area is 129 Å². The number of aliphatic hydroxyl groups excluding tert-OH is 2. The Balaban J connectivity index is 1.97. The summed E-state index contributed by atoms with van der Waals surface area (Å²) in [5.74, 6) is 0.752. The molecule has 1 fully saturated rings. The topological polar surface area (TPSA) is 87.3 Å². The Kier molecular flexibility index (Phi) is 3.78. The minimum Gasteiger partial charge on any atom is -0.396 e. The van der Waals surface area contributed by atoms with Crippen LogP contribution in [0.25, 0.3) is 11.0 Å². The first-order valence-electron chi connectivity index (χ1n) is 7.65. The van der Waals surface area contributed by atoms with E-state index in [-0.39, 0.29) is 18.1 Å². The van der Waals surface area contributed by atoms with E-state index in [4.69, 9.17) is 0 Å². The first-order valence-corrected chi connectivity index (χ1v) is 7.65. The second-order valence-electron chi connectivity index (χ2n) is 6.91. The van der Waals surface area contributed by atoms with Gasteiger partial charge in [0.25, 0.3) is 0 Å². The number of hydrogen-bond acceptors (Lipinski definition) is 6. The number of fused-ring (bicyclic) bond motifs is 1. The van der Waals surface area contributed by atoms with E-state index in [1.165, 1.54) is 0 Å². The van der Waals surface area contributed by atoms with Crippen LogP contribution in [-0.2, 0) is 5.54 Å². The number of rotatable bonds is 2. The molecule has 0 saturated carbocycles. The smallest absolute Gasteiger partial charge is 0.163 e. The number of piperidine rings is 1. The summed E-state index contributed by atoms with van der Waals surface area (Å²) in [6.07, 6.45) is 3.55. The van der Waals surface area contributed by atoms with Crippen molar-refractivity contribution in [3.05, 3.63) is 12.5 Å². The summed E-state index contributed by atoms with van der Waals surface area (Å²) in [7, 11) is 0. The largest absolute Gasteiger partial charge is 0.396 e. The van der Waals surface area contributed by atoms with Crippen LogP contribution in [0.15, 0.2) is 12.5 Å². The summed E-state index contributed by atoms with van der Waals surface area (Å²) in [6, 6.07) is 0. The minimum absolute atomic E-state index is 0.0240. The summed E-state index contributed by atoms with van der Waals surface area (Å²) in [6.45, 7) is 7.50. The van der Waals surface area contributed by atoms with E-state index in [1.54, 1.807) is 12.5 Å². The van der Waals surface area contributed by atoms with Crippen LogP contribution in [0.1, 0.15) is 27.2 Å². The first-order chi connectivity index (χ1) is 10.4. The van der Waals surface area contributed by atoms with Gasteiger partial charge >= 0.3 is 0 Å². The zero-order chi connectivity index (χ0) is 15.9. The zero-order valence-electron chi connectivity index (χ0n) is 13.3. The molecule has 2 atom stereocenters. The van der Waals surface area contributed by atoms with Gasteiger partial charge in [0, 0.05) is 25.6 Å². The lowest BCUT2D eigenvalue weighted by atomic mass is 9.95. The Hall–Kier alpha value is -1.73. The molecule has 7 heteroatoms. The first kappa shape index (κ1) is 15.2. The molecule has 3 rings (SSSR count). The highest BCUT2D eigenvalue weighted by molar-refractivity contribution is 5.86. The Bertz CT molecular complexity index is 663. The molecular formula is C15H23N5O2. The highest BCUT2D eigenvalue weighted by atomic mass is 16.3. The second-order valence-corrected chi connectivity index (χ2v) is 6.91. The standard InChI is InChI=1S/C15H23N5O2/c1-15(2,3)20-14-11(6-18-20)13(16-9-17-14)19-5-4-10(8-21)12(22)7-19/h6,9-10,12,21-22H,4-5,7-8H2,1-3H3. The highest BCUT2D eigenvalue weighted by Gasteiger charge is 2.29. The van der Waals surface area contributed by atoms with Crippen molar-refractivity contribution in [2.45, 2.75) is 38.8 Å². The maximum absolute atomic E-state index is 10.1. The van der Waals surface area contributed by atoms with E-state index in [2.05, 4.69) is 40.7 Å². The molecule has 2 aromatic rings. The molecule has 22 heavy (non-hydrogen) atoms. The van der Waals surface area contributed by atoms with Crippen molar-refractivity contribution in [3.63, 3.8) is 0 Å². The number of hydrogen-bond donors (Lipinski definition) is 2. The number of aromatic nitrogens is 4. The lowest BCUT2D eigenvalue weighted by molar-refractivity contribution is 0.0547. The fourth-order valence-electron chi connectivity index (χ4n) is 2.96. The van der Waals surface area contributed by atoms with Gasteiger partial charge in [-0.15, -0.1) is 0 Å². The van der Waals surface area contributed by atoms with Gasteiger partial charge in [0.05, 0.1) is 23.2 Å². The maximum Gasteiger partial charge on any atom is 0.163 e. The third-order valence-electron chi connectivity index (χ3n) is 4.24. The van der Waals surface area contributed by atoms with Gasteiger partial charge in [-0.3, -0.25) is 0 Å². The fourth-order valence-corrected chi connectivity index (χ4v) is 2.96. The fraction of sp³-hybridized carbons (Fsp3) is 0.667. The van der Waals surface area contributed by atoms with Gasteiger partial charge < -0.3 is 15.1 Å². The highest BCUT2D eigenvalue weighted by Crippen LogP contribution is 2.29. The predicted octanol–water partition coefficient (Wildman–Crippen LogP) is 0.761. The molecule has 2 N–H and O–H groups in total. The molecule has 1 aliphatic heterocycles. The SMILES string of the molecule is CC(C)(C)n1ncc2c(N3CCC(CO)C(O)C3)ncnc21. The number of anilines is 1. The maximum atomic E-state index is 10.1. The van der Waals surface area contributed by atoms with E-state index >= 15 is 0 Å². The third-order valence-corrected chi connectivity index (χ3v) is 4.24. The predicted molar refractivity (Wildman–Crippen MR) is 83.7 cm³/mol.